The van der Waals surface area contributed by atoms with Crippen LogP contribution in [0.25, 0.3) is 0 Å². The van der Waals surface area contributed by atoms with Gasteiger partial charge < -0.3 is 14.5 Å². The summed E-state index contributed by atoms with van der Waals surface area (Å²) in [5, 5.41) is 0. The largest absolute Gasteiger partial charge is 0.381 e. The molecule has 0 aromatic heterocycles. The number of rotatable bonds is 4. The average molecular weight is 276 g/mol. The van der Waals surface area contributed by atoms with Crippen molar-refractivity contribution >= 4 is 11.6 Å². The number of carbonyl (C=O) groups is 1. The summed E-state index contributed by atoms with van der Waals surface area (Å²) < 4.78 is 5.36. The van der Waals surface area contributed by atoms with Gasteiger partial charge in [-0.1, -0.05) is 6.07 Å². The van der Waals surface area contributed by atoms with Crippen LogP contribution in [-0.2, 0) is 4.74 Å². The molecule has 1 heterocycles. The summed E-state index contributed by atoms with van der Waals surface area (Å²) in [7, 11) is 5.85. The molecule has 110 valence electrons. The van der Waals surface area contributed by atoms with E-state index in [0.717, 1.165) is 43.9 Å². The minimum absolute atomic E-state index is 0.0974. The third kappa shape index (κ3) is 3.73. The van der Waals surface area contributed by atoms with Crippen molar-refractivity contribution in [3.63, 3.8) is 0 Å². The maximum absolute atomic E-state index is 12.5. The van der Waals surface area contributed by atoms with Gasteiger partial charge in [0.1, 0.15) is 0 Å². The van der Waals surface area contributed by atoms with E-state index in [9.17, 15) is 4.79 Å². The number of hydrogen-bond donors (Lipinski definition) is 0. The van der Waals surface area contributed by atoms with Gasteiger partial charge >= 0.3 is 0 Å². The smallest absolute Gasteiger partial charge is 0.253 e. The van der Waals surface area contributed by atoms with Crippen molar-refractivity contribution in [1.82, 2.24) is 4.90 Å². The molecule has 20 heavy (non-hydrogen) atoms. The molecule has 4 heteroatoms. The number of benzene rings is 1. The summed E-state index contributed by atoms with van der Waals surface area (Å²) in [6, 6.07) is 7.78. The van der Waals surface area contributed by atoms with Crippen molar-refractivity contribution in [3.8, 4) is 0 Å². The lowest BCUT2D eigenvalue weighted by Gasteiger charge is -2.27. The zero-order valence-electron chi connectivity index (χ0n) is 12.6. The molecule has 0 radical (unpaired) electrons. The van der Waals surface area contributed by atoms with Gasteiger partial charge in [0, 0.05) is 52.2 Å². The van der Waals surface area contributed by atoms with Gasteiger partial charge in [-0.15, -0.1) is 0 Å². The van der Waals surface area contributed by atoms with Crippen LogP contribution in [0.1, 0.15) is 23.2 Å². The van der Waals surface area contributed by atoms with E-state index in [4.69, 9.17) is 4.74 Å². The third-order valence-electron chi connectivity index (χ3n) is 3.83. The molecule has 1 amide bonds. The first kappa shape index (κ1) is 14.9. The molecule has 0 saturated carbocycles. The Morgan fingerprint density at radius 1 is 1.25 bits per heavy atom. The third-order valence-corrected chi connectivity index (χ3v) is 3.83. The molecule has 1 aromatic carbocycles. The number of hydrogen-bond acceptors (Lipinski definition) is 3. The molecule has 0 aliphatic carbocycles. The normalized spacial score (nSPS) is 15.9. The van der Waals surface area contributed by atoms with Gasteiger partial charge in [-0.2, -0.15) is 0 Å². The SMILES string of the molecule is CN(CC1CCOCC1)C(=O)c1cccc(N(C)C)c1. The van der Waals surface area contributed by atoms with Crippen LogP contribution in [0.15, 0.2) is 24.3 Å². The van der Waals surface area contributed by atoms with E-state index in [2.05, 4.69) is 0 Å². The topological polar surface area (TPSA) is 32.8 Å². The highest BCUT2D eigenvalue weighted by atomic mass is 16.5. The van der Waals surface area contributed by atoms with Crippen LogP contribution in [0.3, 0.4) is 0 Å². The number of nitrogens with zero attached hydrogens (tertiary/aromatic N) is 2. The summed E-state index contributed by atoms with van der Waals surface area (Å²) in [6.07, 6.45) is 2.10. The molecule has 0 bridgehead atoms. The van der Waals surface area contributed by atoms with Gasteiger partial charge in [0.15, 0.2) is 0 Å². The van der Waals surface area contributed by atoms with Crippen LogP contribution in [0, 0.1) is 5.92 Å². The predicted octanol–water partition coefficient (Wildman–Crippen LogP) is 2.25. The van der Waals surface area contributed by atoms with E-state index in [1.807, 2.05) is 55.2 Å². The Kier molecular flexibility index (Phi) is 5.01. The second-order valence-electron chi connectivity index (χ2n) is 5.69. The Morgan fingerprint density at radius 2 is 1.95 bits per heavy atom. The summed E-state index contributed by atoms with van der Waals surface area (Å²) in [5.41, 5.74) is 1.81. The Hall–Kier alpha value is -1.55. The molecule has 1 fully saturated rings. The second-order valence-corrected chi connectivity index (χ2v) is 5.69. The first-order valence-electron chi connectivity index (χ1n) is 7.18. The summed E-state index contributed by atoms with van der Waals surface area (Å²) >= 11 is 0. The monoisotopic (exact) mass is 276 g/mol. The number of carbonyl (C=O) groups excluding carboxylic acids is 1. The number of ether oxygens (including phenoxy) is 1. The molecule has 1 aromatic rings. The van der Waals surface area contributed by atoms with Gasteiger partial charge in [-0.25, -0.2) is 0 Å². The summed E-state index contributed by atoms with van der Waals surface area (Å²) in [5.74, 6) is 0.662. The van der Waals surface area contributed by atoms with Gasteiger partial charge in [0.2, 0.25) is 0 Å². The standard InChI is InChI=1S/C16H24N2O2/c1-17(2)15-6-4-5-14(11-15)16(19)18(3)12-13-7-9-20-10-8-13/h4-6,11,13H,7-10,12H2,1-3H3. The van der Waals surface area contributed by atoms with Crippen LogP contribution in [0.4, 0.5) is 5.69 Å². The van der Waals surface area contributed by atoms with Gasteiger partial charge in [0.25, 0.3) is 5.91 Å². The highest BCUT2D eigenvalue weighted by molar-refractivity contribution is 5.95. The lowest BCUT2D eigenvalue weighted by molar-refractivity contribution is 0.0497. The first-order valence-corrected chi connectivity index (χ1v) is 7.18. The molecule has 2 rings (SSSR count). The zero-order chi connectivity index (χ0) is 14.5. The minimum Gasteiger partial charge on any atom is -0.381 e. The van der Waals surface area contributed by atoms with Crippen LogP contribution in [0.5, 0.6) is 0 Å². The molecule has 0 spiro atoms. The zero-order valence-corrected chi connectivity index (χ0v) is 12.6. The lowest BCUT2D eigenvalue weighted by Crippen LogP contribution is -2.34. The van der Waals surface area contributed by atoms with Crippen LogP contribution in [0.2, 0.25) is 0 Å². The van der Waals surface area contributed by atoms with E-state index in [1.54, 1.807) is 0 Å². The van der Waals surface area contributed by atoms with Crippen molar-refractivity contribution in [2.75, 3.05) is 45.8 Å². The van der Waals surface area contributed by atoms with Gasteiger partial charge in [0.05, 0.1) is 0 Å². The van der Waals surface area contributed by atoms with Crippen LogP contribution < -0.4 is 4.90 Å². The number of anilines is 1. The van der Waals surface area contributed by atoms with Crippen molar-refractivity contribution in [1.29, 1.82) is 0 Å². The predicted molar refractivity (Wildman–Crippen MR) is 81.3 cm³/mol. The lowest BCUT2D eigenvalue weighted by atomic mass is 9.99. The van der Waals surface area contributed by atoms with Crippen LogP contribution >= 0.6 is 0 Å². The molecule has 1 saturated heterocycles. The Labute approximate surface area is 121 Å². The molecule has 4 nitrogen and oxygen atoms in total. The fourth-order valence-electron chi connectivity index (χ4n) is 2.54. The summed E-state index contributed by atoms with van der Waals surface area (Å²) in [6.45, 7) is 2.46. The maximum atomic E-state index is 12.5. The van der Waals surface area contributed by atoms with Crippen LogP contribution in [-0.4, -0.2) is 51.7 Å². The van der Waals surface area contributed by atoms with Crippen molar-refractivity contribution in [2.24, 2.45) is 5.92 Å². The van der Waals surface area contributed by atoms with Crippen molar-refractivity contribution < 1.29 is 9.53 Å². The number of amides is 1. The quantitative estimate of drug-likeness (QED) is 0.845. The molecule has 0 atom stereocenters. The minimum atomic E-state index is 0.0974. The van der Waals surface area contributed by atoms with Crippen molar-refractivity contribution in [2.45, 2.75) is 12.8 Å². The van der Waals surface area contributed by atoms with E-state index in [-0.39, 0.29) is 5.91 Å². The van der Waals surface area contributed by atoms with E-state index in [1.165, 1.54) is 0 Å². The molecular formula is C16H24N2O2. The fourth-order valence-corrected chi connectivity index (χ4v) is 2.54. The molecule has 0 N–H and O–H groups in total. The van der Waals surface area contributed by atoms with Crippen molar-refractivity contribution in [3.05, 3.63) is 29.8 Å². The first-order chi connectivity index (χ1) is 9.58. The Bertz CT molecular complexity index is 454. The highest BCUT2D eigenvalue weighted by Gasteiger charge is 2.19. The Balaban J connectivity index is 2.00. The second kappa shape index (κ2) is 6.75. The molecule has 1 aliphatic rings. The Morgan fingerprint density at radius 3 is 2.60 bits per heavy atom. The fraction of sp³-hybridized carbons (Fsp3) is 0.562. The highest BCUT2D eigenvalue weighted by Crippen LogP contribution is 2.18. The van der Waals surface area contributed by atoms with Gasteiger partial charge in [-0.05, 0) is 37.0 Å². The van der Waals surface area contributed by atoms with E-state index in [0.29, 0.717) is 5.92 Å². The average Bonchev–Trinajstić information content (AvgIpc) is 2.47. The summed E-state index contributed by atoms with van der Waals surface area (Å²) in [4.78, 5) is 16.3. The molecular weight excluding hydrogens is 252 g/mol. The molecule has 0 unspecified atom stereocenters. The van der Waals surface area contributed by atoms with E-state index < -0.39 is 0 Å². The van der Waals surface area contributed by atoms with Gasteiger partial charge in [-0.3, -0.25) is 4.79 Å². The molecule has 1 aliphatic heterocycles. The maximum Gasteiger partial charge on any atom is 0.253 e. The van der Waals surface area contributed by atoms with E-state index >= 15 is 0 Å².